The second kappa shape index (κ2) is 9.07. The largest absolute Gasteiger partial charge is 0.460 e. The zero-order valence-electron chi connectivity index (χ0n) is 15.1. The molecule has 144 valence electrons. The number of carbonyl (C=O) groups excluding carboxylic acids is 4. The fraction of sp³-hybridized carbons (Fsp3) is 0.562. The number of nitrogens with zero attached hydrogens (tertiary/aromatic N) is 1. The number of H-pyrrole nitrogens is 1. The van der Waals surface area contributed by atoms with Gasteiger partial charge in [-0.2, -0.15) is 0 Å². The van der Waals surface area contributed by atoms with Gasteiger partial charge in [-0.25, -0.2) is 9.37 Å². The van der Waals surface area contributed by atoms with Crippen molar-refractivity contribution in [3.63, 3.8) is 0 Å². The monoisotopic (exact) mass is 370 g/mol. The Hall–Kier alpha value is -2.78. The summed E-state index contributed by atoms with van der Waals surface area (Å²) in [4.78, 5) is 53.8. The van der Waals surface area contributed by atoms with Crippen molar-refractivity contribution in [2.24, 2.45) is 0 Å². The zero-order chi connectivity index (χ0) is 19.9. The normalized spacial score (nSPS) is 13.4. The number of halogens is 1. The average molecular weight is 370 g/mol. The number of amides is 2. The summed E-state index contributed by atoms with van der Waals surface area (Å²) < 4.78 is 17.8. The number of hydrogen-bond acceptors (Lipinski definition) is 6. The second-order valence-electron chi connectivity index (χ2n) is 6.58. The van der Waals surface area contributed by atoms with E-state index in [1.54, 1.807) is 20.8 Å². The number of ketones is 1. The highest BCUT2D eigenvalue weighted by Crippen LogP contribution is 2.10. The Morgan fingerprint density at radius 3 is 2.42 bits per heavy atom. The number of rotatable bonds is 8. The van der Waals surface area contributed by atoms with Crippen LogP contribution in [0.4, 0.5) is 4.39 Å². The summed E-state index contributed by atoms with van der Waals surface area (Å²) in [6.45, 7) is 4.95. The highest BCUT2D eigenvalue weighted by atomic mass is 19.1. The van der Waals surface area contributed by atoms with Crippen LogP contribution in [-0.4, -0.2) is 57.9 Å². The molecular formula is C16H23FN4O5. The van der Waals surface area contributed by atoms with E-state index in [2.05, 4.69) is 20.6 Å². The molecule has 0 bridgehead atoms. The van der Waals surface area contributed by atoms with Crippen molar-refractivity contribution in [1.29, 1.82) is 0 Å². The molecule has 0 aliphatic rings. The van der Waals surface area contributed by atoms with Crippen LogP contribution in [0.25, 0.3) is 0 Å². The van der Waals surface area contributed by atoms with Gasteiger partial charge in [0.15, 0.2) is 11.6 Å². The van der Waals surface area contributed by atoms with E-state index in [4.69, 9.17) is 4.74 Å². The highest BCUT2D eigenvalue weighted by molar-refractivity contribution is 5.97. The Balaban J connectivity index is 2.68. The lowest BCUT2D eigenvalue weighted by atomic mass is 10.1. The van der Waals surface area contributed by atoms with Crippen LogP contribution in [0.2, 0.25) is 0 Å². The molecule has 10 heteroatoms. The molecule has 0 aliphatic heterocycles. The first-order chi connectivity index (χ1) is 12.0. The van der Waals surface area contributed by atoms with Crippen molar-refractivity contribution in [2.45, 2.75) is 51.8 Å². The molecule has 0 fully saturated rings. The minimum atomic E-state index is -1.38. The van der Waals surface area contributed by atoms with Gasteiger partial charge in [0.25, 0.3) is 5.91 Å². The molecule has 1 rings (SSSR count). The van der Waals surface area contributed by atoms with Crippen molar-refractivity contribution < 1.29 is 28.3 Å². The van der Waals surface area contributed by atoms with Gasteiger partial charge in [-0.1, -0.05) is 0 Å². The average Bonchev–Trinajstić information content (AvgIpc) is 3.05. The third-order valence-electron chi connectivity index (χ3n) is 3.08. The Morgan fingerprint density at radius 2 is 1.92 bits per heavy atom. The van der Waals surface area contributed by atoms with Crippen molar-refractivity contribution in [1.82, 2.24) is 20.6 Å². The lowest BCUT2D eigenvalue weighted by Gasteiger charge is -2.23. The van der Waals surface area contributed by atoms with Crippen molar-refractivity contribution in [3.8, 4) is 0 Å². The van der Waals surface area contributed by atoms with Crippen LogP contribution in [0.3, 0.4) is 0 Å². The van der Waals surface area contributed by atoms with E-state index in [0.29, 0.717) is 0 Å². The maximum Gasteiger partial charge on any atom is 0.308 e. The zero-order valence-corrected chi connectivity index (χ0v) is 15.1. The second-order valence-corrected chi connectivity index (χ2v) is 6.58. The minimum absolute atomic E-state index is 0.00906. The molecule has 9 nitrogen and oxygen atoms in total. The lowest BCUT2D eigenvalue weighted by molar-refractivity contribution is -0.156. The summed E-state index contributed by atoms with van der Waals surface area (Å²) >= 11 is 0. The van der Waals surface area contributed by atoms with Gasteiger partial charge in [-0.05, 0) is 27.7 Å². The maximum atomic E-state index is 12.7. The van der Waals surface area contributed by atoms with Gasteiger partial charge in [0.2, 0.25) is 5.91 Å². The van der Waals surface area contributed by atoms with Crippen molar-refractivity contribution in [3.05, 3.63) is 18.2 Å². The number of hydrogen-bond donors (Lipinski definition) is 3. The number of ether oxygens (including phenoxy) is 1. The van der Waals surface area contributed by atoms with Crippen LogP contribution in [0.15, 0.2) is 12.4 Å². The topological polar surface area (TPSA) is 130 Å². The van der Waals surface area contributed by atoms with E-state index >= 15 is 0 Å². The van der Waals surface area contributed by atoms with E-state index in [0.717, 1.165) is 0 Å². The number of nitrogens with one attached hydrogen (secondary N) is 3. The quantitative estimate of drug-likeness (QED) is 0.564. The Kier molecular flexibility index (Phi) is 7.41. The molecule has 2 amide bonds. The van der Waals surface area contributed by atoms with Crippen LogP contribution in [0.1, 0.15) is 44.7 Å². The fourth-order valence-electron chi connectivity index (χ4n) is 1.91. The van der Waals surface area contributed by atoms with Gasteiger partial charge < -0.3 is 20.4 Å². The smallest absolute Gasteiger partial charge is 0.308 e. The fourth-order valence-corrected chi connectivity index (χ4v) is 1.91. The molecule has 1 heterocycles. The van der Waals surface area contributed by atoms with E-state index in [-0.39, 0.29) is 5.82 Å². The molecule has 2 atom stereocenters. The van der Waals surface area contributed by atoms with Crippen molar-refractivity contribution >= 4 is 23.6 Å². The molecule has 2 unspecified atom stereocenters. The van der Waals surface area contributed by atoms with Gasteiger partial charge in [-0.15, -0.1) is 0 Å². The van der Waals surface area contributed by atoms with Gasteiger partial charge in [0, 0.05) is 12.4 Å². The predicted octanol–water partition coefficient (Wildman–Crippen LogP) is 0.283. The number of carbonyl (C=O) groups is 4. The molecule has 0 aromatic carbocycles. The van der Waals surface area contributed by atoms with E-state index < -0.39 is 54.3 Å². The van der Waals surface area contributed by atoms with Crippen LogP contribution in [0.5, 0.6) is 0 Å². The van der Waals surface area contributed by atoms with Crippen molar-refractivity contribution in [2.75, 3.05) is 6.67 Å². The summed E-state index contributed by atoms with van der Waals surface area (Å²) in [6.07, 6.45) is 2.30. The highest BCUT2D eigenvalue weighted by Gasteiger charge is 2.28. The Labute approximate surface area is 150 Å². The number of Topliss-reactive ketones (excluding diaryl/α,β-unsaturated/α-hetero) is 1. The molecule has 26 heavy (non-hydrogen) atoms. The Bertz CT molecular complexity index is 654. The SMILES string of the molecule is CC(NC(=O)c1ncc[nH]1)C(=O)NC(CC(=O)OC(C)(C)C)C(=O)CF. The summed E-state index contributed by atoms with van der Waals surface area (Å²) in [5, 5.41) is 4.63. The number of imidazole rings is 1. The molecule has 0 saturated heterocycles. The standard InChI is InChI=1S/C16H23FN4O5/c1-9(20-15(25)13-18-5-6-19-13)14(24)21-10(11(22)8-17)7-12(23)26-16(2,3)4/h5-6,9-10H,7-8H2,1-4H3,(H,18,19)(H,20,25)(H,21,24). The summed E-state index contributed by atoms with van der Waals surface area (Å²) in [5.41, 5.74) is -0.783. The maximum absolute atomic E-state index is 12.7. The Morgan fingerprint density at radius 1 is 1.27 bits per heavy atom. The third-order valence-corrected chi connectivity index (χ3v) is 3.08. The minimum Gasteiger partial charge on any atom is -0.460 e. The predicted molar refractivity (Wildman–Crippen MR) is 88.9 cm³/mol. The van der Waals surface area contributed by atoms with E-state index in [9.17, 15) is 23.6 Å². The first-order valence-electron chi connectivity index (χ1n) is 7.94. The number of alkyl halides is 1. The van der Waals surface area contributed by atoms with E-state index in [1.165, 1.54) is 19.3 Å². The summed E-state index contributed by atoms with van der Waals surface area (Å²) in [6, 6.07) is -2.42. The molecular weight excluding hydrogens is 347 g/mol. The molecule has 0 aliphatic carbocycles. The first-order valence-corrected chi connectivity index (χ1v) is 7.94. The van der Waals surface area contributed by atoms with Gasteiger partial charge in [-0.3, -0.25) is 19.2 Å². The molecule has 1 aromatic rings. The molecule has 3 N–H and O–H groups in total. The van der Waals surface area contributed by atoms with Crippen LogP contribution in [-0.2, 0) is 19.1 Å². The molecule has 0 radical (unpaired) electrons. The molecule has 0 spiro atoms. The van der Waals surface area contributed by atoms with Gasteiger partial charge in [0.05, 0.1) is 6.42 Å². The summed E-state index contributed by atoms with van der Waals surface area (Å²) in [5.74, 6) is -3.08. The first kappa shape index (κ1) is 21.3. The van der Waals surface area contributed by atoms with Crippen LogP contribution >= 0.6 is 0 Å². The number of esters is 1. The molecule has 1 aromatic heterocycles. The number of aromatic amines is 1. The third kappa shape index (κ3) is 6.99. The van der Waals surface area contributed by atoms with Gasteiger partial charge in [0.1, 0.15) is 24.4 Å². The lowest BCUT2D eigenvalue weighted by Crippen LogP contribution is -2.51. The van der Waals surface area contributed by atoms with Crippen LogP contribution in [0, 0.1) is 0 Å². The molecule has 0 saturated carbocycles. The summed E-state index contributed by atoms with van der Waals surface area (Å²) in [7, 11) is 0. The van der Waals surface area contributed by atoms with Gasteiger partial charge >= 0.3 is 5.97 Å². The number of aromatic nitrogens is 2. The van der Waals surface area contributed by atoms with Crippen LogP contribution < -0.4 is 10.6 Å². The van der Waals surface area contributed by atoms with E-state index in [1.807, 2.05) is 0 Å².